The van der Waals surface area contributed by atoms with E-state index in [1.807, 2.05) is 6.92 Å². The van der Waals surface area contributed by atoms with Crippen LogP contribution in [-0.2, 0) is 0 Å². The molecule has 0 unspecified atom stereocenters. The fourth-order valence-corrected chi connectivity index (χ4v) is 2.20. The molecule has 0 heterocycles. The third kappa shape index (κ3) is 3.16. The summed E-state index contributed by atoms with van der Waals surface area (Å²) in [6.07, 6.45) is 0. The zero-order valence-corrected chi connectivity index (χ0v) is 12.6. The Kier molecular flexibility index (Phi) is 4.40. The van der Waals surface area contributed by atoms with E-state index in [1.54, 1.807) is 18.2 Å². The third-order valence-electron chi connectivity index (χ3n) is 2.68. The number of nitrogens with one attached hydrogen (secondary N) is 1. The molecule has 0 radical (unpaired) electrons. The SMILES string of the molecule is Cc1ccc(C(=O)Nc2c(F)cc(F)cc2Cl)cc1Br. The Labute approximate surface area is 127 Å². The van der Waals surface area contributed by atoms with Gasteiger partial charge in [-0.15, -0.1) is 0 Å². The smallest absolute Gasteiger partial charge is 0.255 e. The van der Waals surface area contributed by atoms with Crippen molar-refractivity contribution in [2.75, 3.05) is 5.32 Å². The van der Waals surface area contributed by atoms with Crippen LogP contribution in [0.25, 0.3) is 0 Å². The largest absolute Gasteiger partial charge is 0.318 e. The number of amides is 1. The quantitative estimate of drug-likeness (QED) is 0.807. The van der Waals surface area contributed by atoms with Crippen LogP contribution >= 0.6 is 27.5 Å². The molecule has 2 aromatic rings. The van der Waals surface area contributed by atoms with Gasteiger partial charge in [-0.05, 0) is 30.7 Å². The number of hydrogen-bond donors (Lipinski definition) is 1. The zero-order valence-electron chi connectivity index (χ0n) is 10.3. The normalized spacial score (nSPS) is 10.4. The highest BCUT2D eigenvalue weighted by Crippen LogP contribution is 2.27. The molecule has 0 saturated carbocycles. The Hall–Kier alpha value is -1.46. The standard InChI is InChI=1S/C14H9BrClF2NO/c1-7-2-3-8(4-10(7)15)14(20)19-13-11(16)5-9(17)6-12(13)18/h2-6H,1H3,(H,19,20). The topological polar surface area (TPSA) is 29.1 Å². The summed E-state index contributed by atoms with van der Waals surface area (Å²) >= 11 is 9.03. The lowest BCUT2D eigenvalue weighted by Gasteiger charge is -2.09. The number of aryl methyl sites for hydroxylation is 1. The van der Waals surface area contributed by atoms with Crippen molar-refractivity contribution in [1.29, 1.82) is 0 Å². The molecular formula is C14H9BrClF2NO. The number of hydrogen-bond acceptors (Lipinski definition) is 1. The Balaban J connectivity index is 2.30. The average molecular weight is 361 g/mol. The van der Waals surface area contributed by atoms with Gasteiger partial charge in [0.05, 0.1) is 10.7 Å². The molecular weight excluding hydrogens is 352 g/mol. The molecule has 0 aliphatic rings. The van der Waals surface area contributed by atoms with Crippen molar-refractivity contribution in [2.45, 2.75) is 6.92 Å². The van der Waals surface area contributed by atoms with E-state index < -0.39 is 17.5 Å². The second kappa shape index (κ2) is 5.89. The Bertz CT molecular complexity index is 668. The van der Waals surface area contributed by atoms with Crippen LogP contribution in [0.1, 0.15) is 15.9 Å². The number of carbonyl (C=O) groups is 1. The predicted octanol–water partition coefficient (Wildman–Crippen LogP) is 4.94. The van der Waals surface area contributed by atoms with Crippen LogP contribution < -0.4 is 5.32 Å². The van der Waals surface area contributed by atoms with Crippen LogP contribution in [0, 0.1) is 18.6 Å². The number of benzene rings is 2. The first kappa shape index (κ1) is 14.9. The minimum absolute atomic E-state index is 0.193. The van der Waals surface area contributed by atoms with Crippen LogP contribution in [-0.4, -0.2) is 5.91 Å². The molecule has 0 atom stereocenters. The fourth-order valence-electron chi connectivity index (χ4n) is 1.58. The summed E-state index contributed by atoms with van der Waals surface area (Å²) in [7, 11) is 0. The second-order valence-electron chi connectivity index (χ2n) is 4.16. The van der Waals surface area contributed by atoms with Gasteiger partial charge in [-0.2, -0.15) is 0 Å². The lowest BCUT2D eigenvalue weighted by molar-refractivity contribution is 0.102. The van der Waals surface area contributed by atoms with Gasteiger partial charge in [0.1, 0.15) is 5.82 Å². The number of rotatable bonds is 2. The Morgan fingerprint density at radius 3 is 2.55 bits per heavy atom. The van der Waals surface area contributed by atoms with Gasteiger partial charge in [-0.25, -0.2) is 8.78 Å². The molecule has 0 aliphatic heterocycles. The zero-order chi connectivity index (χ0) is 14.9. The molecule has 0 spiro atoms. The molecule has 0 fully saturated rings. The van der Waals surface area contributed by atoms with E-state index >= 15 is 0 Å². The summed E-state index contributed by atoms with van der Waals surface area (Å²) in [6, 6.07) is 6.56. The molecule has 0 aliphatic carbocycles. The summed E-state index contributed by atoms with van der Waals surface area (Å²) < 4.78 is 27.3. The summed E-state index contributed by atoms with van der Waals surface area (Å²) in [5, 5.41) is 2.14. The highest BCUT2D eigenvalue weighted by atomic mass is 79.9. The van der Waals surface area contributed by atoms with Crippen LogP contribution in [0.3, 0.4) is 0 Å². The van der Waals surface area contributed by atoms with E-state index in [1.165, 1.54) is 0 Å². The Morgan fingerprint density at radius 1 is 1.25 bits per heavy atom. The van der Waals surface area contributed by atoms with Crippen molar-refractivity contribution >= 4 is 39.1 Å². The van der Waals surface area contributed by atoms with Gasteiger partial charge in [0.25, 0.3) is 5.91 Å². The first-order valence-corrected chi connectivity index (χ1v) is 6.77. The van der Waals surface area contributed by atoms with Crippen molar-refractivity contribution in [3.05, 3.63) is 62.6 Å². The van der Waals surface area contributed by atoms with Gasteiger partial charge < -0.3 is 5.32 Å². The molecule has 2 nitrogen and oxygen atoms in total. The maximum Gasteiger partial charge on any atom is 0.255 e. The maximum atomic E-state index is 13.6. The number of anilines is 1. The van der Waals surface area contributed by atoms with E-state index in [0.29, 0.717) is 11.6 Å². The number of carbonyl (C=O) groups excluding carboxylic acids is 1. The highest BCUT2D eigenvalue weighted by Gasteiger charge is 2.14. The summed E-state index contributed by atoms with van der Waals surface area (Å²) in [6.45, 7) is 1.88. The molecule has 2 rings (SSSR count). The van der Waals surface area contributed by atoms with Crippen LogP contribution in [0.5, 0.6) is 0 Å². The van der Waals surface area contributed by atoms with Gasteiger partial charge in [-0.1, -0.05) is 33.6 Å². The van der Waals surface area contributed by atoms with Gasteiger partial charge in [0.15, 0.2) is 5.82 Å². The summed E-state index contributed by atoms with van der Waals surface area (Å²) in [4.78, 5) is 12.0. The lowest BCUT2D eigenvalue weighted by atomic mass is 10.1. The predicted molar refractivity (Wildman–Crippen MR) is 78.2 cm³/mol. The average Bonchev–Trinajstić information content (AvgIpc) is 2.36. The molecule has 0 saturated heterocycles. The fraction of sp³-hybridized carbons (Fsp3) is 0.0714. The van der Waals surface area contributed by atoms with E-state index in [9.17, 15) is 13.6 Å². The van der Waals surface area contributed by atoms with Crippen molar-refractivity contribution in [1.82, 2.24) is 0 Å². The van der Waals surface area contributed by atoms with E-state index in [2.05, 4.69) is 21.2 Å². The van der Waals surface area contributed by atoms with Gasteiger partial charge >= 0.3 is 0 Å². The van der Waals surface area contributed by atoms with E-state index in [4.69, 9.17) is 11.6 Å². The van der Waals surface area contributed by atoms with Crippen molar-refractivity contribution in [3.8, 4) is 0 Å². The minimum Gasteiger partial charge on any atom is -0.318 e. The van der Waals surface area contributed by atoms with Crippen molar-refractivity contribution in [3.63, 3.8) is 0 Å². The molecule has 0 aromatic heterocycles. The summed E-state index contributed by atoms with van der Waals surface area (Å²) in [5.74, 6) is -2.25. The number of halogens is 4. The van der Waals surface area contributed by atoms with Crippen molar-refractivity contribution < 1.29 is 13.6 Å². The first-order chi connectivity index (χ1) is 9.38. The minimum atomic E-state index is -0.922. The molecule has 0 bridgehead atoms. The van der Waals surface area contributed by atoms with Crippen LogP contribution in [0.4, 0.5) is 14.5 Å². The first-order valence-electron chi connectivity index (χ1n) is 5.60. The molecule has 104 valence electrons. The maximum absolute atomic E-state index is 13.6. The molecule has 1 amide bonds. The monoisotopic (exact) mass is 359 g/mol. The van der Waals surface area contributed by atoms with Gasteiger partial charge in [0.2, 0.25) is 0 Å². The van der Waals surface area contributed by atoms with Crippen LogP contribution in [0.15, 0.2) is 34.8 Å². The summed E-state index contributed by atoms with van der Waals surface area (Å²) in [5.41, 5.74) is 1.06. The van der Waals surface area contributed by atoms with E-state index in [-0.39, 0.29) is 10.7 Å². The van der Waals surface area contributed by atoms with Crippen molar-refractivity contribution in [2.24, 2.45) is 0 Å². The molecule has 2 aromatic carbocycles. The van der Waals surface area contributed by atoms with Crippen LogP contribution in [0.2, 0.25) is 5.02 Å². The molecule has 6 heteroatoms. The second-order valence-corrected chi connectivity index (χ2v) is 5.42. The highest BCUT2D eigenvalue weighted by molar-refractivity contribution is 9.10. The third-order valence-corrected chi connectivity index (χ3v) is 3.83. The lowest BCUT2D eigenvalue weighted by Crippen LogP contribution is -2.13. The molecule has 1 N–H and O–H groups in total. The van der Waals surface area contributed by atoms with Gasteiger partial charge in [0, 0.05) is 16.1 Å². The van der Waals surface area contributed by atoms with E-state index in [0.717, 1.165) is 16.1 Å². The van der Waals surface area contributed by atoms with Gasteiger partial charge in [-0.3, -0.25) is 4.79 Å². The molecule has 20 heavy (non-hydrogen) atoms. The Morgan fingerprint density at radius 2 is 1.95 bits per heavy atom.